The molecule has 0 fully saturated rings. The molecule has 6 aromatic rings. The average molecular weight is 450 g/mol. The molecule has 0 aliphatic heterocycles. The van der Waals surface area contributed by atoms with Gasteiger partial charge in [0.1, 0.15) is 16.9 Å². The number of imidazole rings is 1. The molecule has 9 heteroatoms. The van der Waals surface area contributed by atoms with Crippen molar-refractivity contribution in [3.63, 3.8) is 0 Å². The number of hydrogen-bond acceptors (Lipinski definition) is 6. The second kappa shape index (κ2) is 7.73. The van der Waals surface area contributed by atoms with Crippen LogP contribution in [0.5, 0.6) is 0 Å². The van der Waals surface area contributed by atoms with E-state index in [-0.39, 0.29) is 5.82 Å². The molecule has 0 bridgehead atoms. The lowest BCUT2D eigenvalue weighted by atomic mass is 10.1. The van der Waals surface area contributed by atoms with E-state index in [1.165, 1.54) is 12.1 Å². The zero-order valence-electron chi connectivity index (χ0n) is 18.4. The topological polar surface area (TPSA) is 99.3 Å². The lowest BCUT2D eigenvalue weighted by Crippen LogP contribution is -2.08. The standard InChI is InChI=1S/C25H19FN8/c1-34(2)17-11-15(12-27-13-17)18-6-7-20-23(29-18)24(33-32-20)25-30-19-8-9-28-21(22(19)31-25)14-4-3-5-16(26)10-14/h3-13H,1-2H3,(H,30,31)(H,32,33). The summed E-state index contributed by atoms with van der Waals surface area (Å²) in [4.78, 5) is 23.7. The number of benzene rings is 1. The zero-order chi connectivity index (χ0) is 23.2. The Labute approximate surface area is 193 Å². The van der Waals surface area contributed by atoms with E-state index in [0.29, 0.717) is 33.8 Å². The highest BCUT2D eigenvalue weighted by molar-refractivity contribution is 5.95. The molecular formula is C25H19FN8. The van der Waals surface area contributed by atoms with Crippen molar-refractivity contribution >= 4 is 27.8 Å². The molecule has 5 heterocycles. The highest BCUT2D eigenvalue weighted by Gasteiger charge is 2.17. The van der Waals surface area contributed by atoms with Crippen LogP contribution in [-0.2, 0) is 0 Å². The third kappa shape index (κ3) is 3.34. The van der Waals surface area contributed by atoms with Crippen molar-refractivity contribution in [3.8, 4) is 34.0 Å². The van der Waals surface area contributed by atoms with Crippen molar-refractivity contribution in [1.82, 2.24) is 35.1 Å². The molecular weight excluding hydrogens is 431 g/mol. The fraction of sp³-hybridized carbons (Fsp3) is 0.0800. The third-order valence-electron chi connectivity index (χ3n) is 5.67. The minimum atomic E-state index is -0.324. The van der Waals surface area contributed by atoms with Crippen LogP contribution in [0.1, 0.15) is 0 Å². The van der Waals surface area contributed by atoms with E-state index in [9.17, 15) is 4.39 Å². The minimum Gasteiger partial charge on any atom is -0.376 e. The van der Waals surface area contributed by atoms with E-state index < -0.39 is 0 Å². The number of fused-ring (bicyclic) bond motifs is 2. The Morgan fingerprint density at radius 3 is 2.59 bits per heavy atom. The van der Waals surface area contributed by atoms with E-state index in [4.69, 9.17) is 9.97 Å². The van der Waals surface area contributed by atoms with Gasteiger partial charge in [-0.1, -0.05) is 12.1 Å². The second-order valence-electron chi connectivity index (χ2n) is 8.14. The van der Waals surface area contributed by atoms with Crippen molar-refractivity contribution in [3.05, 3.63) is 72.9 Å². The van der Waals surface area contributed by atoms with Crippen LogP contribution in [-0.4, -0.2) is 49.2 Å². The van der Waals surface area contributed by atoms with Crippen molar-refractivity contribution < 1.29 is 4.39 Å². The maximum absolute atomic E-state index is 13.8. The number of halogens is 1. The number of rotatable bonds is 4. The summed E-state index contributed by atoms with van der Waals surface area (Å²) >= 11 is 0. The molecule has 6 rings (SSSR count). The van der Waals surface area contributed by atoms with Gasteiger partial charge in [-0.15, -0.1) is 0 Å². The van der Waals surface area contributed by atoms with Gasteiger partial charge in [-0.25, -0.2) is 14.4 Å². The first-order valence-corrected chi connectivity index (χ1v) is 10.7. The molecule has 8 nitrogen and oxygen atoms in total. The van der Waals surface area contributed by atoms with E-state index in [0.717, 1.165) is 28.0 Å². The molecule has 166 valence electrons. The predicted octanol–water partition coefficient (Wildman–Crippen LogP) is 4.83. The van der Waals surface area contributed by atoms with E-state index in [1.807, 2.05) is 55.5 Å². The predicted molar refractivity (Wildman–Crippen MR) is 130 cm³/mol. The summed E-state index contributed by atoms with van der Waals surface area (Å²) in [6.07, 6.45) is 5.28. The fourth-order valence-corrected chi connectivity index (χ4v) is 3.93. The summed E-state index contributed by atoms with van der Waals surface area (Å²) in [5, 5.41) is 7.50. The van der Waals surface area contributed by atoms with E-state index in [2.05, 4.69) is 25.1 Å². The summed E-state index contributed by atoms with van der Waals surface area (Å²) in [6, 6.07) is 14.1. The SMILES string of the molecule is CN(C)c1cncc(-c2ccc3[nH]nc(-c4nc5c(-c6cccc(F)c6)nccc5[nH]4)c3n2)c1. The van der Waals surface area contributed by atoms with Crippen LogP contribution in [0.25, 0.3) is 56.1 Å². The summed E-state index contributed by atoms with van der Waals surface area (Å²) in [7, 11) is 3.94. The van der Waals surface area contributed by atoms with Crippen molar-refractivity contribution in [2.24, 2.45) is 0 Å². The van der Waals surface area contributed by atoms with Crippen LogP contribution in [0, 0.1) is 5.82 Å². The van der Waals surface area contributed by atoms with Gasteiger partial charge in [0.15, 0.2) is 11.5 Å². The van der Waals surface area contributed by atoms with Crippen molar-refractivity contribution in [1.29, 1.82) is 0 Å². The van der Waals surface area contributed by atoms with Gasteiger partial charge in [0.05, 0.1) is 34.3 Å². The number of H-pyrrole nitrogens is 2. The number of nitrogens with one attached hydrogen (secondary N) is 2. The van der Waals surface area contributed by atoms with Gasteiger partial charge in [0.2, 0.25) is 0 Å². The van der Waals surface area contributed by atoms with Crippen LogP contribution in [0.3, 0.4) is 0 Å². The maximum atomic E-state index is 13.8. The first kappa shape index (κ1) is 20.0. The van der Waals surface area contributed by atoms with Crippen LogP contribution in [0.4, 0.5) is 10.1 Å². The summed E-state index contributed by atoms with van der Waals surface area (Å²) in [5.41, 5.74) is 7.41. The van der Waals surface area contributed by atoms with Gasteiger partial charge in [-0.05, 0) is 36.4 Å². The van der Waals surface area contributed by atoms with Gasteiger partial charge < -0.3 is 9.88 Å². The summed E-state index contributed by atoms with van der Waals surface area (Å²) in [6.45, 7) is 0. The molecule has 34 heavy (non-hydrogen) atoms. The molecule has 0 unspecified atom stereocenters. The summed E-state index contributed by atoms with van der Waals surface area (Å²) in [5.74, 6) is 0.228. The minimum absolute atomic E-state index is 0.324. The lowest BCUT2D eigenvalue weighted by molar-refractivity contribution is 0.628. The molecule has 5 aromatic heterocycles. The third-order valence-corrected chi connectivity index (χ3v) is 5.67. The highest BCUT2D eigenvalue weighted by atomic mass is 19.1. The van der Waals surface area contributed by atoms with Gasteiger partial charge in [0, 0.05) is 37.6 Å². The van der Waals surface area contributed by atoms with E-state index in [1.54, 1.807) is 18.5 Å². The van der Waals surface area contributed by atoms with Gasteiger partial charge in [-0.3, -0.25) is 15.1 Å². The monoisotopic (exact) mass is 450 g/mol. The number of aromatic nitrogens is 7. The Morgan fingerprint density at radius 2 is 1.74 bits per heavy atom. The Kier molecular flexibility index (Phi) is 4.54. The van der Waals surface area contributed by atoms with Crippen LogP contribution in [0.15, 0.2) is 67.1 Å². The zero-order valence-corrected chi connectivity index (χ0v) is 18.4. The first-order chi connectivity index (χ1) is 16.6. The number of pyridine rings is 3. The Bertz CT molecular complexity index is 1670. The molecule has 0 amide bonds. The Balaban J connectivity index is 1.48. The molecule has 0 spiro atoms. The van der Waals surface area contributed by atoms with Crippen molar-refractivity contribution in [2.75, 3.05) is 19.0 Å². The molecule has 2 N–H and O–H groups in total. The fourth-order valence-electron chi connectivity index (χ4n) is 3.93. The number of hydrogen-bond donors (Lipinski definition) is 2. The number of nitrogens with zero attached hydrogens (tertiary/aromatic N) is 6. The number of aromatic amines is 2. The molecule has 0 aliphatic rings. The van der Waals surface area contributed by atoms with Gasteiger partial charge in [-0.2, -0.15) is 5.10 Å². The smallest absolute Gasteiger partial charge is 0.161 e. The van der Waals surface area contributed by atoms with Crippen LogP contribution < -0.4 is 4.90 Å². The molecule has 0 aliphatic carbocycles. The molecule has 0 saturated carbocycles. The maximum Gasteiger partial charge on any atom is 0.161 e. The number of anilines is 1. The summed E-state index contributed by atoms with van der Waals surface area (Å²) < 4.78 is 13.8. The second-order valence-corrected chi connectivity index (χ2v) is 8.14. The van der Waals surface area contributed by atoms with Crippen LogP contribution in [0.2, 0.25) is 0 Å². The van der Waals surface area contributed by atoms with Crippen LogP contribution >= 0.6 is 0 Å². The first-order valence-electron chi connectivity index (χ1n) is 10.7. The highest BCUT2D eigenvalue weighted by Crippen LogP contribution is 2.31. The quantitative estimate of drug-likeness (QED) is 0.399. The van der Waals surface area contributed by atoms with Crippen molar-refractivity contribution in [2.45, 2.75) is 0 Å². The Hall–Kier alpha value is -4.66. The largest absolute Gasteiger partial charge is 0.376 e. The average Bonchev–Trinajstić information content (AvgIpc) is 3.47. The molecule has 0 radical (unpaired) electrons. The lowest BCUT2D eigenvalue weighted by Gasteiger charge is -2.12. The molecule has 0 atom stereocenters. The Morgan fingerprint density at radius 1 is 0.853 bits per heavy atom. The normalized spacial score (nSPS) is 11.4. The molecule has 1 aromatic carbocycles. The van der Waals surface area contributed by atoms with E-state index >= 15 is 0 Å². The van der Waals surface area contributed by atoms with Gasteiger partial charge in [0.25, 0.3) is 0 Å². The van der Waals surface area contributed by atoms with Gasteiger partial charge >= 0.3 is 0 Å². The molecule has 0 saturated heterocycles.